The molecule has 2 aliphatic rings. The van der Waals surface area contributed by atoms with E-state index in [9.17, 15) is 5.11 Å². The van der Waals surface area contributed by atoms with Crippen molar-refractivity contribution in [1.29, 1.82) is 0 Å². The Hall–Kier alpha value is -0.160. The molecule has 1 aliphatic carbocycles. The third-order valence-corrected chi connectivity index (χ3v) is 3.61. The Morgan fingerprint density at radius 2 is 2.12 bits per heavy atom. The van der Waals surface area contributed by atoms with Crippen LogP contribution in [0.3, 0.4) is 0 Å². The second-order valence-corrected chi connectivity index (χ2v) is 5.09. The zero-order valence-electron chi connectivity index (χ0n) is 10.2. The van der Waals surface area contributed by atoms with Gasteiger partial charge in [0.1, 0.15) is 0 Å². The van der Waals surface area contributed by atoms with Gasteiger partial charge in [-0.1, -0.05) is 0 Å². The third-order valence-electron chi connectivity index (χ3n) is 3.61. The van der Waals surface area contributed by atoms with E-state index in [1.807, 2.05) is 0 Å². The van der Waals surface area contributed by atoms with E-state index >= 15 is 0 Å². The van der Waals surface area contributed by atoms with Gasteiger partial charge in [0.25, 0.3) is 0 Å². The highest BCUT2D eigenvalue weighted by molar-refractivity contribution is 4.85. The summed E-state index contributed by atoms with van der Waals surface area (Å²) in [4.78, 5) is 2.43. The number of ether oxygens (including phenoxy) is 1. The Kier molecular flexibility index (Phi) is 4.58. The fourth-order valence-electron chi connectivity index (χ4n) is 2.72. The Bertz CT molecular complexity index is 207. The standard InChI is InChI=1S/C12H24N2O2/c1-10(9-14-5-7-16-8-6-14)13-11-3-2-4-12(11)15/h10-13,15H,2-9H2,1H3. The molecular weight excluding hydrogens is 204 g/mol. The smallest absolute Gasteiger partial charge is 0.0693 e. The minimum Gasteiger partial charge on any atom is -0.392 e. The van der Waals surface area contributed by atoms with Crippen LogP contribution in [0, 0.1) is 0 Å². The SMILES string of the molecule is CC(CN1CCOCC1)NC1CCCC1O. The second-order valence-electron chi connectivity index (χ2n) is 5.09. The first-order chi connectivity index (χ1) is 7.75. The summed E-state index contributed by atoms with van der Waals surface area (Å²) < 4.78 is 5.33. The van der Waals surface area contributed by atoms with Crippen molar-refractivity contribution in [3.63, 3.8) is 0 Å². The minimum atomic E-state index is -0.132. The van der Waals surface area contributed by atoms with Gasteiger partial charge in [-0.15, -0.1) is 0 Å². The molecule has 2 fully saturated rings. The Morgan fingerprint density at radius 3 is 2.75 bits per heavy atom. The van der Waals surface area contributed by atoms with E-state index < -0.39 is 0 Å². The summed E-state index contributed by atoms with van der Waals surface area (Å²) in [6.45, 7) is 7.07. The lowest BCUT2D eigenvalue weighted by Gasteiger charge is -2.31. The Balaban J connectivity index is 1.68. The molecular formula is C12H24N2O2. The van der Waals surface area contributed by atoms with Crippen LogP contribution >= 0.6 is 0 Å². The fourth-order valence-corrected chi connectivity index (χ4v) is 2.72. The van der Waals surface area contributed by atoms with Crippen molar-refractivity contribution in [2.75, 3.05) is 32.8 Å². The predicted molar refractivity (Wildman–Crippen MR) is 63.5 cm³/mol. The van der Waals surface area contributed by atoms with Gasteiger partial charge in [-0.25, -0.2) is 0 Å². The lowest BCUT2D eigenvalue weighted by molar-refractivity contribution is 0.0326. The van der Waals surface area contributed by atoms with Crippen LogP contribution < -0.4 is 5.32 Å². The summed E-state index contributed by atoms with van der Waals surface area (Å²) in [5, 5.41) is 13.3. The average molecular weight is 228 g/mol. The topological polar surface area (TPSA) is 44.7 Å². The maximum absolute atomic E-state index is 9.75. The van der Waals surface area contributed by atoms with E-state index in [0.717, 1.165) is 52.1 Å². The van der Waals surface area contributed by atoms with E-state index in [1.165, 1.54) is 0 Å². The normalized spacial score (nSPS) is 34.1. The summed E-state index contributed by atoms with van der Waals surface area (Å²) in [5.74, 6) is 0. The fraction of sp³-hybridized carbons (Fsp3) is 1.00. The Morgan fingerprint density at radius 1 is 1.38 bits per heavy atom. The van der Waals surface area contributed by atoms with Gasteiger partial charge in [-0.3, -0.25) is 4.90 Å². The molecule has 0 aromatic carbocycles. The molecule has 1 saturated carbocycles. The molecule has 0 aromatic rings. The quantitative estimate of drug-likeness (QED) is 0.722. The van der Waals surface area contributed by atoms with Crippen LogP contribution in [0.1, 0.15) is 26.2 Å². The number of aliphatic hydroxyl groups is 1. The van der Waals surface area contributed by atoms with Gasteiger partial charge in [-0.2, -0.15) is 0 Å². The molecule has 3 unspecified atom stereocenters. The highest BCUT2D eigenvalue weighted by Gasteiger charge is 2.26. The summed E-state index contributed by atoms with van der Waals surface area (Å²) in [6, 6.07) is 0.770. The molecule has 0 amide bonds. The number of nitrogens with one attached hydrogen (secondary N) is 1. The van der Waals surface area contributed by atoms with E-state index in [-0.39, 0.29) is 6.10 Å². The van der Waals surface area contributed by atoms with Crippen LogP contribution in [0.2, 0.25) is 0 Å². The molecule has 0 bridgehead atoms. The molecule has 0 radical (unpaired) electrons. The molecule has 0 aromatic heterocycles. The van der Waals surface area contributed by atoms with Crippen molar-refractivity contribution in [2.45, 2.75) is 44.4 Å². The molecule has 4 heteroatoms. The number of hydrogen-bond acceptors (Lipinski definition) is 4. The van der Waals surface area contributed by atoms with Crippen molar-refractivity contribution in [1.82, 2.24) is 10.2 Å². The molecule has 0 spiro atoms. The van der Waals surface area contributed by atoms with E-state index in [0.29, 0.717) is 12.1 Å². The van der Waals surface area contributed by atoms with Crippen LogP contribution in [-0.4, -0.2) is 61.0 Å². The van der Waals surface area contributed by atoms with Crippen molar-refractivity contribution < 1.29 is 9.84 Å². The first kappa shape index (κ1) is 12.3. The monoisotopic (exact) mass is 228 g/mol. The van der Waals surface area contributed by atoms with E-state index in [1.54, 1.807) is 0 Å². The minimum absolute atomic E-state index is 0.132. The highest BCUT2D eigenvalue weighted by atomic mass is 16.5. The largest absolute Gasteiger partial charge is 0.392 e. The molecule has 94 valence electrons. The Labute approximate surface area is 98.0 Å². The summed E-state index contributed by atoms with van der Waals surface area (Å²) in [7, 11) is 0. The van der Waals surface area contributed by atoms with E-state index in [2.05, 4.69) is 17.1 Å². The van der Waals surface area contributed by atoms with Gasteiger partial charge in [0.15, 0.2) is 0 Å². The molecule has 3 atom stereocenters. The number of nitrogens with zero attached hydrogens (tertiary/aromatic N) is 1. The summed E-state index contributed by atoms with van der Waals surface area (Å²) in [6.07, 6.45) is 3.10. The highest BCUT2D eigenvalue weighted by Crippen LogP contribution is 2.19. The number of aliphatic hydroxyl groups excluding tert-OH is 1. The average Bonchev–Trinajstić information content (AvgIpc) is 2.66. The molecule has 1 heterocycles. The van der Waals surface area contributed by atoms with Gasteiger partial charge in [0.05, 0.1) is 19.3 Å². The van der Waals surface area contributed by atoms with Gasteiger partial charge >= 0.3 is 0 Å². The van der Waals surface area contributed by atoms with Gasteiger partial charge in [0.2, 0.25) is 0 Å². The summed E-state index contributed by atoms with van der Waals surface area (Å²) in [5.41, 5.74) is 0. The second kappa shape index (κ2) is 5.96. The molecule has 2 rings (SSSR count). The number of hydrogen-bond donors (Lipinski definition) is 2. The van der Waals surface area contributed by atoms with Crippen molar-refractivity contribution in [3.8, 4) is 0 Å². The first-order valence-corrected chi connectivity index (χ1v) is 6.50. The first-order valence-electron chi connectivity index (χ1n) is 6.50. The molecule has 4 nitrogen and oxygen atoms in total. The number of rotatable bonds is 4. The zero-order valence-corrected chi connectivity index (χ0v) is 10.2. The lowest BCUT2D eigenvalue weighted by Crippen LogP contribution is -2.48. The van der Waals surface area contributed by atoms with Gasteiger partial charge in [-0.05, 0) is 26.2 Å². The summed E-state index contributed by atoms with van der Waals surface area (Å²) >= 11 is 0. The molecule has 16 heavy (non-hydrogen) atoms. The molecule has 2 N–H and O–H groups in total. The van der Waals surface area contributed by atoms with Gasteiger partial charge < -0.3 is 15.2 Å². The lowest BCUT2D eigenvalue weighted by atomic mass is 10.2. The maximum Gasteiger partial charge on any atom is 0.0693 e. The molecule has 1 saturated heterocycles. The zero-order chi connectivity index (χ0) is 11.4. The molecule has 1 aliphatic heterocycles. The van der Waals surface area contributed by atoms with Crippen molar-refractivity contribution in [3.05, 3.63) is 0 Å². The van der Waals surface area contributed by atoms with Crippen LogP contribution in [0.25, 0.3) is 0 Å². The number of morpholine rings is 1. The van der Waals surface area contributed by atoms with Crippen molar-refractivity contribution in [2.24, 2.45) is 0 Å². The third kappa shape index (κ3) is 3.42. The van der Waals surface area contributed by atoms with Crippen LogP contribution in [0.5, 0.6) is 0 Å². The maximum atomic E-state index is 9.75. The predicted octanol–water partition coefficient (Wildman–Crippen LogP) is 0.210. The van der Waals surface area contributed by atoms with Gasteiger partial charge in [0, 0.05) is 31.7 Å². The van der Waals surface area contributed by atoms with E-state index in [4.69, 9.17) is 4.74 Å². The van der Waals surface area contributed by atoms with Crippen LogP contribution in [0.4, 0.5) is 0 Å². The van der Waals surface area contributed by atoms with Crippen molar-refractivity contribution >= 4 is 0 Å². The van der Waals surface area contributed by atoms with Crippen LogP contribution in [0.15, 0.2) is 0 Å². The van der Waals surface area contributed by atoms with Crippen LogP contribution in [-0.2, 0) is 4.74 Å².